The van der Waals surface area contributed by atoms with Crippen molar-refractivity contribution in [1.29, 1.82) is 0 Å². The van der Waals surface area contributed by atoms with E-state index in [-0.39, 0.29) is 17.1 Å². The zero-order chi connectivity index (χ0) is 14.6. The van der Waals surface area contributed by atoms with Gasteiger partial charge in [-0.05, 0) is 6.92 Å². The smallest absolute Gasteiger partial charge is 0.330 e. The number of H-pyrrole nitrogens is 2. The number of nitrogens with two attached hydrogens (primary N) is 1. The van der Waals surface area contributed by atoms with Crippen molar-refractivity contribution in [3.05, 3.63) is 20.8 Å². The number of nitrogen functional groups attached to an aromatic ring is 1. The molecule has 0 spiro atoms. The number of rotatable bonds is 1. The topological polar surface area (TPSA) is 159 Å². The second kappa shape index (κ2) is 4.16. The van der Waals surface area contributed by atoms with Gasteiger partial charge in [0.25, 0.3) is 5.56 Å². The van der Waals surface area contributed by atoms with Gasteiger partial charge in [-0.2, -0.15) is 4.98 Å². The molecule has 20 heavy (non-hydrogen) atoms. The maximum Gasteiger partial charge on any atom is 0.330 e. The van der Waals surface area contributed by atoms with E-state index in [0.29, 0.717) is 0 Å². The molecule has 2 aromatic heterocycles. The van der Waals surface area contributed by atoms with E-state index in [1.807, 2.05) is 0 Å². The number of aliphatic hydroxyl groups excluding tert-OH is 2. The van der Waals surface area contributed by atoms with Crippen molar-refractivity contribution >= 4 is 17.1 Å². The van der Waals surface area contributed by atoms with Gasteiger partial charge in [-0.3, -0.25) is 14.8 Å². The van der Waals surface area contributed by atoms with Gasteiger partial charge in [-0.25, -0.2) is 9.36 Å². The summed E-state index contributed by atoms with van der Waals surface area (Å²) in [5, 5.41) is 19.6. The lowest BCUT2D eigenvalue weighted by atomic mass is 10.1. The van der Waals surface area contributed by atoms with Crippen molar-refractivity contribution in [3.63, 3.8) is 0 Å². The van der Waals surface area contributed by atoms with Crippen molar-refractivity contribution in [2.75, 3.05) is 5.73 Å². The Bertz CT molecular complexity index is 776. The van der Waals surface area contributed by atoms with Gasteiger partial charge in [0.2, 0.25) is 5.95 Å². The molecule has 0 radical (unpaired) electrons. The lowest BCUT2D eigenvalue weighted by molar-refractivity contribution is -0.0317. The summed E-state index contributed by atoms with van der Waals surface area (Å²) in [6.07, 6.45) is -4.26. The fourth-order valence-electron chi connectivity index (χ4n) is 2.31. The number of aliphatic hydroxyl groups is 2. The first kappa shape index (κ1) is 12.8. The third-order valence-electron chi connectivity index (χ3n) is 3.33. The highest BCUT2D eigenvalue weighted by atomic mass is 16.6. The summed E-state index contributed by atoms with van der Waals surface area (Å²) in [6.45, 7) is 1.56. The van der Waals surface area contributed by atoms with Gasteiger partial charge in [-0.1, -0.05) is 0 Å². The fourth-order valence-corrected chi connectivity index (χ4v) is 2.31. The molecule has 1 aliphatic rings. The molecule has 0 bridgehead atoms. The Kier molecular flexibility index (Phi) is 2.67. The van der Waals surface area contributed by atoms with Gasteiger partial charge >= 0.3 is 5.69 Å². The van der Waals surface area contributed by atoms with Crippen LogP contribution in [-0.2, 0) is 4.74 Å². The van der Waals surface area contributed by atoms with Crippen LogP contribution >= 0.6 is 0 Å². The quantitative estimate of drug-likeness (QED) is 0.391. The Morgan fingerprint density at radius 3 is 2.60 bits per heavy atom. The highest BCUT2D eigenvalue weighted by Gasteiger charge is 2.43. The number of imidazole rings is 1. The Morgan fingerprint density at radius 1 is 1.30 bits per heavy atom. The Balaban J connectivity index is 2.25. The first-order valence-electron chi connectivity index (χ1n) is 5.91. The molecule has 108 valence electrons. The minimum Gasteiger partial charge on any atom is -0.388 e. The fraction of sp³-hybridized carbons (Fsp3) is 0.500. The Labute approximate surface area is 110 Å². The monoisotopic (exact) mass is 283 g/mol. The molecule has 6 N–H and O–H groups in total. The van der Waals surface area contributed by atoms with Gasteiger partial charge in [0.15, 0.2) is 17.4 Å². The summed E-state index contributed by atoms with van der Waals surface area (Å²) < 4.78 is 6.32. The zero-order valence-corrected chi connectivity index (χ0v) is 10.4. The van der Waals surface area contributed by atoms with Gasteiger partial charge in [0, 0.05) is 0 Å². The van der Waals surface area contributed by atoms with Crippen LogP contribution in [0.5, 0.6) is 0 Å². The minimum atomic E-state index is -1.32. The first-order chi connectivity index (χ1) is 9.40. The Morgan fingerprint density at radius 2 is 2.00 bits per heavy atom. The molecule has 4 atom stereocenters. The average Bonchev–Trinajstić information content (AvgIpc) is 2.82. The van der Waals surface area contributed by atoms with Crippen molar-refractivity contribution in [1.82, 2.24) is 19.5 Å². The number of nitrogens with zero attached hydrogens (tertiary/aromatic N) is 2. The summed E-state index contributed by atoms with van der Waals surface area (Å²) in [5.41, 5.74) is 4.03. The maximum atomic E-state index is 11.9. The predicted molar refractivity (Wildman–Crippen MR) is 67.0 cm³/mol. The number of anilines is 1. The van der Waals surface area contributed by atoms with E-state index in [0.717, 1.165) is 4.57 Å². The molecule has 0 amide bonds. The van der Waals surface area contributed by atoms with Crippen LogP contribution in [0.4, 0.5) is 5.95 Å². The van der Waals surface area contributed by atoms with Gasteiger partial charge in [0.1, 0.15) is 12.2 Å². The molecule has 0 unspecified atom stereocenters. The van der Waals surface area contributed by atoms with E-state index < -0.39 is 35.8 Å². The average molecular weight is 283 g/mol. The van der Waals surface area contributed by atoms with Gasteiger partial charge in [-0.15, -0.1) is 0 Å². The van der Waals surface area contributed by atoms with E-state index in [1.54, 1.807) is 6.92 Å². The third-order valence-corrected chi connectivity index (χ3v) is 3.33. The summed E-state index contributed by atoms with van der Waals surface area (Å²) in [6, 6.07) is 0. The first-order valence-corrected chi connectivity index (χ1v) is 5.91. The van der Waals surface area contributed by atoms with Crippen LogP contribution in [0.15, 0.2) is 9.59 Å². The van der Waals surface area contributed by atoms with Crippen molar-refractivity contribution in [2.24, 2.45) is 0 Å². The molecule has 1 fully saturated rings. The highest BCUT2D eigenvalue weighted by molar-refractivity contribution is 5.70. The summed E-state index contributed by atoms with van der Waals surface area (Å²) >= 11 is 0. The van der Waals surface area contributed by atoms with Crippen LogP contribution < -0.4 is 17.0 Å². The second-order valence-corrected chi connectivity index (χ2v) is 4.66. The third kappa shape index (κ3) is 1.66. The molecule has 1 aliphatic heterocycles. The summed E-state index contributed by atoms with van der Waals surface area (Å²) in [7, 11) is 0. The second-order valence-electron chi connectivity index (χ2n) is 4.66. The number of hydrogen-bond acceptors (Lipinski definition) is 7. The molecule has 0 aliphatic carbocycles. The molecule has 1 saturated heterocycles. The normalized spacial score (nSPS) is 30.1. The van der Waals surface area contributed by atoms with Crippen molar-refractivity contribution in [3.8, 4) is 0 Å². The largest absolute Gasteiger partial charge is 0.388 e. The summed E-state index contributed by atoms with van der Waals surface area (Å²) in [5.74, 6) is -0.170. The molecular formula is C10H13N5O5. The lowest BCUT2D eigenvalue weighted by Gasteiger charge is -2.15. The molecule has 0 aromatic carbocycles. The van der Waals surface area contributed by atoms with Crippen LogP contribution in [0.1, 0.15) is 13.2 Å². The van der Waals surface area contributed by atoms with Crippen LogP contribution in [-0.4, -0.2) is 48.0 Å². The minimum absolute atomic E-state index is 0.0402. The van der Waals surface area contributed by atoms with Crippen LogP contribution in [0.2, 0.25) is 0 Å². The van der Waals surface area contributed by atoms with Crippen LogP contribution in [0.25, 0.3) is 11.2 Å². The number of fused-ring (bicyclic) bond motifs is 1. The molecule has 10 nitrogen and oxygen atoms in total. The lowest BCUT2D eigenvalue weighted by Crippen LogP contribution is -2.33. The van der Waals surface area contributed by atoms with Crippen molar-refractivity contribution in [2.45, 2.75) is 31.5 Å². The number of nitrogens with one attached hydrogen (secondary N) is 2. The SMILES string of the molecule is C[C@H]1O[C@@H](n2c(=O)[nH]c3c(=O)[nH]c(N)nc32)[C@H](O)[C@@H]1O. The van der Waals surface area contributed by atoms with E-state index in [1.165, 1.54) is 0 Å². The molecule has 0 saturated carbocycles. The van der Waals surface area contributed by atoms with Gasteiger partial charge in [0.05, 0.1) is 6.10 Å². The standard InChI is InChI=1S/C10H13N5O5/c1-2-4(16)5(17)8(20-2)15-6-3(12-10(15)19)7(18)14-9(11)13-6/h2,4-5,8,16-17H,1H3,(H,12,19)(H3,11,13,14,18)/t2-,4-,5-,8-/m1/s1. The highest BCUT2D eigenvalue weighted by Crippen LogP contribution is 2.29. The number of hydrogen-bond donors (Lipinski definition) is 5. The van der Waals surface area contributed by atoms with E-state index >= 15 is 0 Å². The molecule has 3 rings (SSSR count). The summed E-state index contributed by atoms with van der Waals surface area (Å²) in [4.78, 5) is 32.1. The maximum absolute atomic E-state index is 11.9. The Hall–Kier alpha value is -2.17. The number of aromatic nitrogens is 4. The predicted octanol–water partition coefficient (Wildman–Crippen LogP) is -2.37. The number of ether oxygens (including phenoxy) is 1. The van der Waals surface area contributed by atoms with E-state index in [4.69, 9.17) is 10.5 Å². The van der Waals surface area contributed by atoms with Gasteiger partial charge < -0.3 is 20.7 Å². The molecule has 2 aromatic rings. The van der Waals surface area contributed by atoms with E-state index in [2.05, 4.69) is 15.0 Å². The van der Waals surface area contributed by atoms with Crippen LogP contribution in [0, 0.1) is 0 Å². The molecular weight excluding hydrogens is 270 g/mol. The molecule has 3 heterocycles. The van der Waals surface area contributed by atoms with Crippen molar-refractivity contribution < 1.29 is 14.9 Å². The zero-order valence-electron chi connectivity index (χ0n) is 10.4. The molecule has 10 heteroatoms. The number of aromatic amines is 2. The van der Waals surface area contributed by atoms with Crippen LogP contribution in [0.3, 0.4) is 0 Å². The van der Waals surface area contributed by atoms with E-state index in [9.17, 15) is 19.8 Å².